The number of anilines is 2. The van der Waals surface area contributed by atoms with E-state index in [0.717, 1.165) is 0 Å². The van der Waals surface area contributed by atoms with Gasteiger partial charge < -0.3 is 24.4 Å². The Kier molecular flexibility index (Phi) is 5.62. The minimum absolute atomic E-state index is 0.0225. The summed E-state index contributed by atoms with van der Waals surface area (Å²) in [7, 11) is 1.32. The molecule has 2 aromatic rings. The molecular formula is C19H18F2N2O5. The van der Waals surface area contributed by atoms with E-state index in [1.807, 2.05) is 0 Å². The van der Waals surface area contributed by atoms with Gasteiger partial charge in [0.1, 0.15) is 5.75 Å². The zero-order valence-corrected chi connectivity index (χ0v) is 15.1. The summed E-state index contributed by atoms with van der Waals surface area (Å²) in [6.45, 7) is -1.62. The highest BCUT2D eigenvalue weighted by Crippen LogP contribution is 2.34. The number of alkyl halides is 2. The Labute approximate surface area is 159 Å². The van der Waals surface area contributed by atoms with Crippen LogP contribution in [0.15, 0.2) is 42.5 Å². The van der Waals surface area contributed by atoms with E-state index in [0.29, 0.717) is 11.4 Å². The third kappa shape index (κ3) is 4.13. The van der Waals surface area contributed by atoms with Crippen molar-refractivity contribution in [2.45, 2.75) is 19.6 Å². The van der Waals surface area contributed by atoms with E-state index >= 15 is 0 Å². The van der Waals surface area contributed by atoms with Gasteiger partial charge in [0.15, 0.2) is 17.6 Å². The molecule has 1 N–H and O–H groups in total. The number of benzene rings is 2. The zero-order valence-electron chi connectivity index (χ0n) is 15.1. The SMILES string of the molecule is COc1ccc(NC(=O)C2CN(C(C)=O)c3ccccc3O2)cc1OC(F)F. The highest BCUT2D eigenvalue weighted by Gasteiger charge is 2.32. The van der Waals surface area contributed by atoms with Crippen LogP contribution in [0, 0.1) is 0 Å². The molecule has 1 aliphatic heterocycles. The second-order valence-electron chi connectivity index (χ2n) is 5.94. The maximum Gasteiger partial charge on any atom is 0.387 e. The molecular weight excluding hydrogens is 374 g/mol. The summed E-state index contributed by atoms with van der Waals surface area (Å²) in [4.78, 5) is 26.0. The normalized spacial score (nSPS) is 15.5. The first-order valence-electron chi connectivity index (χ1n) is 8.36. The van der Waals surface area contributed by atoms with Gasteiger partial charge in [0, 0.05) is 18.7 Å². The predicted molar refractivity (Wildman–Crippen MR) is 97.1 cm³/mol. The monoisotopic (exact) mass is 392 g/mol. The lowest BCUT2D eigenvalue weighted by Gasteiger charge is -2.33. The lowest BCUT2D eigenvalue weighted by atomic mass is 10.1. The van der Waals surface area contributed by atoms with Gasteiger partial charge in [-0.15, -0.1) is 0 Å². The molecule has 0 fully saturated rings. The van der Waals surface area contributed by atoms with Crippen molar-refractivity contribution in [2.24, 2.45) is 0 Å². The number of amides is 2. The molecule has 1 aliphatic rings. The number of rotatable bonds is 5. The maximum atomic E-state index is 12.6. The Bertz CT molecular complexity index is 890. The van der Waals surface area contributed by atoms with Crippen molar-refractivity contribution < 1.29 is 32.6 Å². The van der Waals surface area contributed by atoms with Gasteiger partial charge in [0.05, 0.1) is 19.3 Å². The number of methoxy groups -OCH3 is 1. The van der Waals surface area contributed by atoms with Crippen LogP contribution in [0.2, 0.25) is 0 Å². The van der Waals surface area contributed by atoms with E-state index in [4.69, 9.17) is 9.47 Å². The number of nitrogens with zero attached hydrogens (tertiary/aromatic N) is 1. The fraction of sp³-hybridized carbons (Fsp3) is 0.263. The topological polar surface area (TPSA) is 77.1 Å². The van der Waals surface area contributed by atoms with E-state index in [1.54, 1.807) is 24.3 Å². The molecule has 0 saturated carbocycles. The molecule has 0 spiro atoms. The minimum atomic E-state index is -3.04. The quantitative estimate of drug-likeness (QED) is 0.846. The Morgan fingerprint density at radius 2 is 1.96 bits per heavy atom. The standard InChI is InChI=1S/C19H18F2N2O5/c1-11(24)23-10-17(27-14-6-4-3-5-13(14)23)18(25)22-12-7-8-15(26-2)16(9-12)28-19(20)21/h3-9,17,19H,10H2,1-2H3,(H,22,25). The summed E-state index contributed by atoms with van der Waals surface area (Å²) < 4.78 is 40.2. The smallest absolute Gasteiger partial charge is 0.387 e. The van der Waals surface area contributed by atoms with Gasteiger partial charge in [-0.25, -0.2) is 0 Å². The summed E-state index contributed by atoms with van der Waals surface area (Å²) in [5.74, 6) is -0.473. The van der Waals surface area contributed by atoms with Crippen molar-refractivity contribution >= 4 is 23.2 Å². The number of hydrogen-bond acceptors (Lipinski definition) is 5. The van der Waals surface area contributed by atoms with Crippen LogP contribution in [-0.2, 0) is 9.59 Å². The number of halogens is 2. The van der Waals surface area contributed by atoms with Crippen LogP contribution in [0.4, 0.5) is 20.2 Å². The first-order chi connectivity index (χ1) is 13.4. The molecule has 148 valence electrons. The molecule has 2 amide bonds. The van der Waals surface area contributed by atoms with E-state index in [2.05, 4.69) is 10.1 Å². The summed E-state index contributed by atoms with van der Waals surface area (Å²) >= 11 is 0. The molecule has 0 aromatic heterocycles. The third-order valence-electron chi connectivity index (χ3n) is 4.09. The Morgan fingerprint density at radius 1 is 1.21 bits per heavy atom. The van der Waals surface area contributed by atoms with Gasteiger partial charge in [0.25, 0.3) is 5.91 Å². The maximum absolute atomic E-state index is 12.6. The van der Waals surface area contributed by atoms with Crippen LogP contribution in [0.1, 0.15) is 6.92 Å². The first kappa shape index (κ1) is 19.4. The second-order valence-corrected chi connectivity index (χ2v) is 5.94. The summed E-state index contributed by atoms with van der Waals surface area (Å²) in [5, 5.41) is 2.58. The van der Waals surface area contributed by atoms with Crippen LogP contribution < -0.4 is 24.4 Å². The number of hydrogen-bond donors (Lipinski definition) is 1. The summed E-state index contributed by atoms with van der Waals surface area (Å²) in [6.07, 6.45) is -0.972. The van der Waals surface area contributed by atoms with Crippen LogP contribution in [-0.4, -0.2) is 38.2 Å². The van der Waals surface area contributed by atoms with Crippen LogP contribution in [0.25, 0.3) is 0 Å². The fourth-order valence-electron chi connectivity index (χ4n) is 2.83. The number of carbonyl (C=O) groups excluding carboxylic acids is 2. The van der Waals surface area contributed by atoms with Gasteiger partial charge >= 0.3 is 6.61 Å². The average molecular weight is 392 g/mol. The number of nitrogens with one attached hydrogen (secondary N) is 1. The lowest BCUT2D eigenvalue weighted by Crippen LogP contribution is -2.48. The van der Waals surface area contributed by atoms with E-state index < -0.39 is 18.6 Å². The van der Waals surface area contributed by atoms with Crippen molar-refractivity contribution in [1.29, 1.82) is 0 Å². The Balaban J connectivity index is 1.79. The fourth-order valence-corrected chi connectivity index (χ4v) is 2.83. The summed E-state index contributed by atoms with van der Waals surface area (Å²) in [5.41, 5.74) is 0.800. The van der Waals surface area contributed by atoms with Gasteiger partial charge in [-0.1, -0.05) is 12.1 Å². The number of ether oxygens (including phenoxy) is 3. The number of fused-ring (bicyclic) bond motifs is 1. The molecule has 9 heteroatoms. The molecule has 7 nitrogen and oxygen atoms in total. The second kappa shape index (κ2) is 8.12. The molecule has 2 aromatic carbocycles. The van der Waals surface area contributed by atoms with Gasteiger partial charge in [-0.05, 0) is 24.3 Å². The highest BCUT2D eigenvalue weighted by atomic mass is 19.3. The zero-order chi connectivity index (χ0) is 20.3. The third-order valence-corrected chi connectivity index (χ3v) is 4.09. The van der Waals surface area contributed by atoms with E-state index in [-0.39, 0.29) is 29.6 Å². The molecule has 1 atom stereocenters. The predicted octanol–water partition coefficient (Wildman–Crippen LogP) is 3.05. The summed E-state index contributed by atoms with van der Waals surface area (Å²) in [6, 6.07) is 11.0. The molecule has 1 heterocycles. The van der Waals surface area contributed by atoms with Gasteiger partial charge in [-0.2, -0.15) is 8.78 Å². The van der Waals surface area contributed by atoms with Gasteiger partial charge in [-0.3, -0.25) is 9.59 Å². The van der Waals surface area contributed by atoms with Crippen molar-refractivity contribution in [3.8, 4) is 17.2 Å². The molecule has 28 heavy (non-hydrogen) atoms. The average Bonchev–Trinajstić information content (AvgIpc) is 2.66. The largest absolute Gasteiger partial charge is 0.493 e. The first-order valence-corrected chi connectivity index (χ1v) is 8.36. The highest BCUT2D eigenvalue weighted by molar-refractivity contribution is 5.99. The van der Waals surface area contributed by atoms with Crippen molar-refractivity contribution in [1.82, 2.24) is 0 Å². The van der Waals surface area contributed by atoms with E-state index in [1.165, 1.54) is 37.1 Å². The van der Waals surface area contributed by atoms with Crippen molar-refractivity contribution in [2.75, 3.05) is 23.9 Å². The molecule has 3 rings (SSSR count). The van der Waals surface area contributed by atoms with Crippen molar-refractivity contribution in [3.63, 3.8) is 0 Å². The number of carbonyl (C=O) groups is 2. The molecule has 0 saturated heterocycles. The Hall–Kier alpha value is -3.36. The minimum Gasteiger partial charge on any atom is -0.493 e. The van der Waals surface area contributed by atoms with E-state index in [9.17, 15) is 18.4 Å². The molecule has 0 bridgehead atoms. The van der Waals surface area contributed by atoms with Crippen molar-refractivity contribution in [3.05, 3.63) is 42.5 Å². The van der Waals surface area contributed by atoms with Crippen LogP contribution in [0.5, 0.6) is 17.2 Å². The Morgan fingerprint density at radius 3 is 2.64 bits per heavy atom. The molecule has 1 unspecified atom stereocenters. The lowest BCUT2D eigenvalue weighted by molar-refractivity contribution is -0.123. The number of para-hydroxylation sites is 2. The van der Waals surface area contributed by atoms with Gasteiger partial charge in [0.2, 0.25) is 5.91 Å². The van der Waals surface area contributed by atoms with Crippen LogP contribution >= 0.6 is 0 Å². The molecule has 0 aliphatic carbocycles. The van der Waals surface area contributed by atoms with Crippen LogP contribution in [0.3, 0.4) is 0 Å². The molecule has 0 radical (unpaired) electrons.